The van der Waals surface area contributed by atoms with E-state index in [1.54, 1.807) is 16.7 Å². The highest BCUT2D eigenvalue weighted by molar-refractivity contribution is 6.30. The number of imidazole rings is 1. The molecule has 0 bridgehead atoms. The lowest BCUT2D eigenvalue weighted by atomic mass is 9.89. The molecule has 0 radical (unpaired) electrons. The van der Waals surface area contributed by atoms with Crippen LogP contribution in [0.2, 0.25) is 5.15 Å². The highest BCUT2D eigenvalue weighted by Crippen LogP contribution is 2.28. The fourth-order valence-electron chi connectivity index (χ4n) is 4.93. The van der Waals surface area contributed by atoms with Crippen molar-refractivity contribution in [1.82, 2.24) is 9.13 Å². The molecule has 1 saturated carbocycles. The first-order valence-electron chi connectivity index (χ1n) is 11.9. The average Bonchev–Trinajstić information content (AvgIpc) is 3.05. The number of benzene rings is 2. The van der Waals surface area contributed by atoms with Crippen molar-refractivity contribution < 1.29 is 9.90 Å². The van der Waals surface area contributed by atoms with Crippen LogP contribution in [-0.4, -0.2) is 20.2 Å². The summed E-state index contributed by atoms with van der Waals surface area (Å²) < 4.78 is 3.59. The lowest BCUT2D eigenvalue weighted by Gasteiger charge is -2.21. The van der Waals surface area contributed by atoms with Gasteiger partial charge in [0.15, 0.2) is 0 Å². The second kappa shape index (κ2) is 10.4. The van der Waals surface area contributed by atoms with Crippen LogP contribution in [0.25, 0.3) is 11.1 Å². The predicted molar refractivity (Wildman–Crippen MR) is 132 cm³/mol. The van der Waals surface area contributed by atoms with Crippen molar-refractivity contribution in [3.8, 4) is 11.1 Å². The molecule has 0 amide bonds. The number of carboxylic acid groups (broad SMARTS) is 1. The van der Waals surface area contributed by atoms with E-state index in [0.29, 0.717) is 29.7 Å². The molecule has 1 aromatic heterocycles. The Morgan fingerprint density at radius 2 is 1.73 bits per heavy atom. The minimum absolute atomic E-state index is 0.0330. The maximum atomic E-state index is 13.3. The number of carboxylic acids is 1. The Morgan fingerprint density at radius 3 is 2.39 bits per heavy atom. The van der Waals surface area contributed by atoms with E-state index in [9.17, 15) is 14.7 Å². The monoisotopic (exact) mass is 466 g/mol. The van der Waals surface area contributed by atoms with Gasteiger partial charge in [0.2, 0.25) is 0 Å². The molecule has 0 spiro atoms. The summed E-state index contributed by atoms with van der Waals surface area (Å²) in [5, 5.41) is 10.1. The maximum absolute atomic E-state index is 13.3. The van der Waals surface area contributed by atoms with Crippen molar-refractivity contribution in [2.75, 3.05) is 0 Å². The highest BCUT2D eigenvalue weighted by Gasteiger charge is 2.22. The minimum atomic E-state index is -0.945. The van der Waals surface area contributed by atoms with E-state index in [2.05, 4.69) is 6.92 Å². The molecule has 1 heterocycles. The normalized spacial score (nSPS) is 14.5. The molecule has 0 unspecified atom stereocenters. The van der Waals surface area contributed by atoms with Crippen LogP contribution in [-0.2, 0) is 19.5 Å². The van der Waals surface area contributed by atoms with Gasteiger partial charge in [-0.05, 0) is 47.9 Å². The molecule has 0 saturated heterocycles. The standard InChI is InChI=1S/C27H31ClN2O3/c1-2-8-24-25(28)30(18-19-9-4-3-5-10-19)27(33)29(24)17-20-13-15-21(16-14-20)22-11-6-7-12-23(22)26(31)32/h6-7,11-16,19H,2-5,8-10,17-18H2,1H3,(H,31,32). The first kappa shape index (κ1) is 23.4. The third-order valence-electron chi connectivity index (χ3n) is 6.68. The van der Waals surface area contributed by atoms with Gasteiger partial charge in [0.05, 0.1) is 17.8 Å². The SMILES string of the molecule is CCCc1c(Cl)n(CC2CCCCC2)c(=O)n1Cc1ccc(-c2ccccc2C(=O)O)cc1. The molecule has 5 nitrogen and oxygen atoms in total. The van der Waals surface area contributed by atoms with Crippen LogP contribution in [0.4, 0.5) is 0 Å². The number of carbonyl (C=O) groups is 1. The molecule has 33 heavy (non-hydrogen) atoms. The first-order valence-corrected chi connectivity index (χ1v) is 12.3. The van der Waals surface area contributed by atoms with E-state index in [0.717, 1.165) is 42.5 Å². The molecule has 1 aliphatic carbocycles. The van der Waals surface area contributed by atoms with Gasteiger partial charge in [-0.3, -0.25) is 9.13 Å². The van der Waals surface area contributed by atoms with Crippen LogP contribution in [0.1, 0.15) is 67.1 Å². The summed E-state index contributed by atoms with van der Waals surface area (Å²) in [5.74, 6) is -0.424. The third-order valence-corrected chi connectivity index (χ3v) is 7.10. The first-order chi connectivity index (χ1) is 16.0. The Bertz CT molecular complexity index is 1170. The van der Waals surface area contributed by atoms with E-state index < -0.39 is 5.97 Å². The molecule has 6 heteroatoms. The third kappa shape index (κ3) is 5.09. The van der Waals surface area contributed by atoms with Gasteiger partial charge in [-0.25, -0.2) is 9.59 Å². The minimum Gasteiger partial charge on any atom is -0.478 e. The second-order valence-electron chi connectivity index (χ2n) is 9.02. The van der Waals surface area contributed by atoms with E-state index in [1.165, 1.54) is 19.3 Å². The van der Waals surface area contributed by atoms with Crippen molar-refractivity contribution in [2.45, 2.75) is 65.0 Å². The predicted octanol–water partition coefficient (Wildman–Crippen LogP) is 6.25. The lowest BCUT2D eigenvalue weighted by molar-refractivity contribution is 0.0697. The van der Waals surface area contributed by atoms with Crippen LogP contribution in [0.3, 0.4) is 0 Å². The Hall–Kier alpha value is -2.79. The van der Waals surface area contributed by atoms with Gasteiger partial charge < -0.3 is 5.11 Å². The number of hydrogen-bond donors (Lipinski definition) is 1. The van der Waals surface area contributed by atoms with Crippen LogP contribution in [0.15, 0.2) is 53.3 Å². The van der Waals surface area contributed by atoms with Gasteiger partial charge in [-0.2, -0.15) is 0 Å². The van der Waals surface area contributed by atoms with E-state index in [4.69, 9.17) is 11.6 Å². The number of aromatic nitrogens is 2. The van der Waals surface area contributed by atoms with Crippen LogP contribution < -0.4 is 5.69 Å². The lowest BCUT2D eigenvalue weighted by Crippen LogP contribution is -2.28. The Balaban J connectivity index is 1.61. The number of nitrogens with zero attached hydrogens (tertiary/aromatic N) is 2. The summed E-state index contributed by atoms with van der Waals surface area (Å²) >= 11 is 6.74. The van der Waals surface area contributed by atoms with Gasteiger partial charge in [-0.1, -0.05) is 86.7 Å². The molecule has 0 aliphatic heterocycles. The average molecular weight is 467 g/mol. The number of hydrogen-bond acceptors (Lipinski definition) is 2. The Labute approximate surface area is 199 Å². The topological polar surface area (TPSA) is 64.2 Å². The summed E-state index contributed by atoms with van der Waals surface area (Å²) in [7, 11) is 0. The zero-order valence-corrected chi connectivity index (χ0v) is 19.9. The number of halogens is 1. The van der Waals surface area contributed by atoms with Gasteiger partial charge >= 0.3 is 11.7 Å². The van der Waals surface area contributed by atoms with E-state index in [1.807, 2.05) is 41.0 Å². The fourth-order valence-corrected chi connectivity index (χ4v) is 5.27. The fraction of sp³-hybridized carbons (Fsp3) is 0.407. The van der Waals surface area contributed by atoms with Crippen molar-refractivity contribution in [1.29, 1.82) is 0 Å². The largest absolute Gasteiger partial charge is 0.478 e. The molecule has 0 atom stereocenters. The summed E-state index contributed by atoms with van der Waals surface area (Å²) in [4.78, 5) is 24.9. The molecular formula is C27H31ClN2O3. The summed E-state index contributed by atoms with van der Waals surface area (Å²) in [6.45, 7) is 3.25. The van der Waals surface area contributed by atoms with Crippen molar-refractivity contribution in [2.24, 2.45) is 5.92 Å². The number of rotatable bonds is 8. The highest BCUT2D eigenvalue weighted by atomic mass is 35.5. The Kier molecular flexibility index (Phi) is 7.39. The maximum Gasteiger partial charge on any atom is 0.336 e. The quantitative estimate of drug-likeness (QED) is 0.426. The second-order valence-corrected chi connectivity index (χ2v) is 9.38. The van der Waals surface area contributed by atoms with Crippen molar-refractivity contribution in [3.63, 3.8) is 0 Å². The van der Waals surface area contributed by atoms with Crippen LogP contribution in [0.5, 0.6) is 0 Å². The Morgan fingerprint density at radius 1 is 1.03 bits per heavy atom. The van der Waals surface area contributed by atoms with Crippen LogP contribution in [0, 0.1) is 5.92 Å². The van der Waals surface area contributed by atoms with Gasteiger partial charge in [-0.15, -0.1) is 0 Å². The summed E-state index contributed by atoms with van der Waals surface area (Å²) in [5.41, 5.74) is 3.65. The van der Waals surface area contributed by atoms with E-state index in [-0.39, 0.29) is 11.3 Å². The van der Waals surface area contributed by atoms with Crippen molar-refractivity contribution in [3.05, 3.63) is 81.0 Å². The zero-order valence-electron chi connectivity index (χ0n) is 19.1. The molecular weight excluding hydrogens is 436 g/mol. The smallest absolute Gasteiger partial charge is 0.336 e. The molecule has 1 fully saturated rings. The summed E-state index contributed by atoms with van der Waals surface area (Å²) in [6, 6.07) is 14.7. The molecule has 1 aliphatic rings. The molecule has 1 N–H and O–H groups in total. The molecule has 2 aromatic carbocycles. The summed E-state index contributed by atoms with van der Waals surface area (Å²) in [6.07, 6.45) is 7.75. The molecule has 174 valence electrons. The van der Waals surface area contributed by atoms with Gasteiger partial charge in [0.25, 0.3) is 0 Å². The van der Waals surface area contributed by atoms with Crippen LogP contribution >= 0.6 is 11.6 Å². The van der Waals surface area contributed by atoms with Gasteiger partial charge in [0.1, 0.15) is 5.15 Å². The van der Waals surface area contributed by atoms with Crippen molar-refractivity contribution >= 4 is 17.6 Å². The molecule has 3 aromatic rings. The van der Waals surface area contributed by atoms with E-state index >= 15 is 0 Å². The zero-order chi connectivity index (χ0) is 23.4. The van der Waals surface area contributed by atoms with Gasteiger partial charge in [0, 0.05) is 6.54 Å². The number of aromatic carboxylic acids is 1. The molecule has 4 rings (SSSR count).